The standard InChI is InChI=1S/C14H24N4/c15-13-8-9-17-10-12(13)14(18-16)11-6-4-2-1-3-5-7-11/h8-11,14,18H,1-7,16H2,(H2,15,17). The molecule has 0 amide bonds. The van der Waals surface area contributed by atoms with Crippen molar-refractivity contribution >= 4 is 5.69 Å². The van der Waals surface area contributed by atoms with Crippen LogP contribution in [0.2, 0.25) is 0 Å². The number of nitrogens with zero attached hydrogens (tertiary/aromatic N) is 1. The Bertz CT molecular complexity index is 359. The van der Waals surface area contributed by atoms with Crippen LogP contribution in [0.25, 0.3) is 0 Å². The predicted molar refractivity (Wildman–Crippen MR) is 74.5 cm³/mol. The fourth-order valence-corrected chi connectivity index (χ4v) is 2.98. The summed E-state index contributed by atoms with van der Waals surface area (Å²) < 4.78 is 0. The Morgan fingerprint density at radius 2 is 1.83 bits per heavy atom. The van der Waals surface area contributed by atoms with Crippen LogP contribution >= 0.6 is 0 Å². The van der Waals surface area contributed by atoms with Crippen molar-refractivity contribution in [1.29, 1.82) is 0 Å². The van der Waals surface area contributed by atoms with E-state index in [0.29, 0.717) is 5.92 Å². The third-order valence-corrected chi connectivity index (χ3v) is 4.02. The number of hydrogen-bond donors (Lipinski definition) is 3. The molecule has 1 saturated carbocycles. The molecule has 0 radical (unpaired) electrons. The number of hydrazine groups is 1. The van der Waals surface area contributed by atoms with E-state index in [-0.39, 0.29) is 6.04 Å². The second-order valence-corrected chi connectivity index (χ2v) is 5.25. The van der Waals surface area contributed by atoms with Gasteiger partial charge in [0.15, 0.2) is 0 Å². The van der Waals surface area contributed by atoms with Crippen LogP contribution in [-0.2, 0) is 0 Å². The van der Waals surface area contributed by atoms with Crippen LogP contribution in [0, 0.1) is 5.92 Å². The molecule has 1 aliphatic rings. The minimum atomic E-state index is 0.136. The monoisotopic (exact) mass is 248 g/mol. The lowest BCUT2D eigenvalue weighted by molar-refractivity contribution is 0.291. The number of hydrogen-bond acceptors (Lipinski definition) is 4. The van der Waals surface area contributed by atoms with Crippen molar-refractivity contribution in [3.05, 3.63) is 24.0 Å². The highest BCUT2D eigenvalue weighted by atomic mass is 15.2. The second kappa shape index (κ2) is 6.71. The highest BCUT2D eigenvalue weighted by molar-refractivity contribution is 5.46. The van der Waals surface area contributed by atoms with E-state index in [2.05, 4.69) is 10.4 Å². The maximum absolute atomic E-state index is 6.04. The first-order valence-corrected chi connectivity index (χ1v) is 6.98. The van der Waals surface area contributed by atoms with Crippen LogP contribution in [-0.4, -0.2) is 4.98 Å². The third kappa shape index (κ3) is 3.21. The van der Waals surface area contributed by atoms with Crippen LogP contribution in [0.1, 0.15) is 56.6 Å². The molecule has 5 N–H and O–H groups in total. The van der Waals surface area contributed by atoms with Crippen LogP contribution in [0.3, 0.4) is 0 Å². The lowest BCUT2D eigenvalue weighted by Gasteiger charge is -2.29. The van der Waals surface area contributed by atoms with Gasteiger partial charge >= 0.3 is 0 Å². The smallest absolute Gasteiger partial charge is 0.0523 e. The number of nitrogens with one attached hydrogen (secondary N) is 1. The Morgan fingerprint density at radius 1 is 1.17 bits per heavy atom. The van der Waals surface area contributed by atoms with Gasteiger partial charge in [-0.15, -0.1) is 0 Å². The number of nitrogens with two attached hydrogens (primary N) is 2. The van der Waals surface area contributed by atoms with Gasteiger partial charge < -0.3 is 5.73 Å². The fourth-order valence-electron chi connectivity index (χ4n) is 2.98. The van der Waals surface area contributed by atoms with Gasteiger partial charge in [-0.05, 0) is 24.8 Å². The molecule has 0 aromatic carbocycles. The lowest BCUT2D eigenvalue weighted by Crippen LogP contribution is -2.34. The van der Waals surface area contributed by atoms with Crippen LogP contribution in [0.15, 0.2) is 18.5 Å². The fraction of sp³-hybridized carbons (Fsp3) is 0.643. The Morgan fingerprint density at radius 3 is 2.44 bits per heavy atom. The topological polar surface area (TPSA) is 77.0 Å². The first-order chi connectivity index (χ1) is 8.83. The maximum Gasteiger partial charge on any atom is 0.0523 e. The molecule has 4 nitrogen and oxygen atoms in total. The second-order valence-electron chi connectivity index (χ2n) is 5.25. The summed E-state index contributed by atoms with van der Waals surface area (Å²) in [5.74, 6) is 6.33. The molecule has 1 atom stereocenters. The van der Waals surface area contributed by atoms with Crippen molar-refractivity contribution < 1.29 is 0 Å². The summed E-state index contributed by atoms with van der Waals surface area (Å²) in [5.41, 5.74) is 10.8. The van der Waals surface area contributed by atoms with Crippen molar-refractivity contribution in [3.63, 3.8) is 0 Å². The summed E-state index contributed by atoms with van der Waals surface area (Å²) in [6.07, 6.45) is 12.7. The van der Waals surface area contributed by atoms with Gasteiger partial charge in [-0.25, -0.2) is 0 Å². The highest BCUT2D eigenvalue weighted by Gasteiger charge is 2.24. The van der Waals surface area contributed by atoms with Crippen LogP contribution in [0.5, 0.6) is 0 Å². The number of rotatable bonds is 3. The third-order valence-electron chi connectivity index (χ3n) is 4.02. The van der Waals surface area contributed by atoms with Crippen molar-refractivity contribution in [2.45, 2.75) is 51.0 Å². The molecule has 0 saturated heterocycles. The van der Waals surface area contributed by atoms with E-state index in [1.54, 1.807) is 6.20 Å². The molecule has 1 fully saturated rings. The Labute approximate surface area is 109 Å². The first kappa shape index (κ1) is 13.3. The van der Waals surface area contributed by atoms with E-state index in [0.717, 1.165) is 11.3 Å². The van der Waals surface area contributed by atoms with Crippen molar-refractivity contribution in [1.82, 2.24) is 10.4 Å². The van der Waals surface area contributed by atoms with Crippen molar-refractivity contribution in [3.8, 4) is 0 Å². The number of anilines is 1. The summed E-state index contributed by atoms with van der Waals surface area (Å²) >= 11 is 0. The van der Waals surface area contributed by atoms with E-state index >= 15 is 0 Å². The molecule has 1 unspecified atom stereocenters. The van der Waals surface area contributed by atoms with Crippen molar-refractivity contribution in [2.75, 3.05) is 5.73 Å². The van der Waals surface area contributed by atoms with Gasteiger partial charge in [-0.2, -0.15) is 0 Å². The molecule has 100 valence electrons. The quantitative estimate of drug-likeness (QED) is 0.567. The SMILES string of the molecule is NNC(c1cnccc1N)C1CCCCCCC1. The molecule has 0 aliphatic heterocycles. The van der Waals surface area contributed by atoms with Gasteiger partial charge in [0.25, 0.3) is 0 Å². The Hall–Kier alpha value is -1.13. The molecule has 1 aromatic rings. The summed E-state index contributed by atoms with van der Waals surface area (Å²) in [6, 6.07) is 1.99. The van der Waals surface area contributed by atoms with Gasteiger partial charge in [-0.3, -0.25) is 16.3 Å². The maximum atomic E-state index is 6.04. The van der Waals surface area contributed by atoms with E-state index in [9.17, 15) is 0 Å². The van der Waals surface area contributed by atoms with Crippen LogP contribution < -0.4 is 17.0 Å². The molecular weight excluding hydrogens is 224 g/mol. The molecular formula is C14H24N4. The number of aromatic nitrogens is 1. The average molecular weight is 248 g/mol. The number of nitrogen functional groups attached to an aromatic ring is 1. The summed E-state index contributed by atoms with van der Waals surface area (Å²) in [5, 5.41) is 0. The van der Waals surface area contributed by atoms with E-state index in [1.165, 1.54) is 44.9 Å². The van der Waals surface area contributed by atoms with Crippen LogP contribution in [0.4, 0.5) is 5.69 Å². The average Bonchev–Trinajstić information content (AvgIpc) is 2.34. The molecule has 18 heavy (non-hydrogen) atoms. The summed E-state index contributed by atoms with van der Waals surface area (Å²) in [4.78, 5) is 4.18. The highest BCUT2D eigenvalue weighted by Crippen LogP contribution is 2.34. The molecule has 4 heteroatoms. The predicted octanol–water partition coefficient (Wildman–Crippen LogP) is 2.53. The normalized spacial score (nSPS) is 20.1. The minimum absolute atomic E-state index is 0.136. The Kier molecular flexibility index (Phi) is 4.96. The lowest BCUT2D eigenvalue weighted by atomic mass is 9.83. The Balaban J connectivity index is 2.13. The van der Waals surface area contributed by atoms with Gasteiger partial charge in [0.2, 0.25) is 0 Å². The zero-order chi connectivity index (χ0) is 12.8. The summed E-state index contributed by atoms with van der Waals surface area (Å²) in [7, 11) is 0. The van der Waals surface area contributed by atoms with Gasteiger partial charge in [0.1, 0.15) is 0 Å². The van der Waals surface area contributed by atoms with Gasteiger partial charge in [0, 0.05) is 23.6 Å². The molecule has 0 bridgehead atoms. The zero-order valence-electron chi connectivity index (χ0n) is 10.9. The van der Waals surface area contributed by atoms with Gasteiger partial charge in [-0.1, -0.05) is 32.1 Å². The first-order valence-electron chi connectivity index (χ1n) is 6.98. The minimum Gasteiger partial charge on any atom is -0.398 e. The molecule has 1 heterocycles. The molecule has 0 spiro atoms. The number of pyridine rings is 1. The zero-order valence-corrected chi connectivity index (χ0v) is 10.9. The van der Waals surface area contributed by atoms with Gasteiger partial charge in [0.05, 0.1) is 6.04 Å². The largest absolute Gasteiger partial charge is 0.398 e. The van der Waals surface area contributed by atoms with E-state index in [4.69, 9.17) is 11.6 Å². The summed E-state index contributed by atoms with van der Waals surface area (Å²) in [6.45, 7) is 0. The van der Waals surface area contributed by atoms with E-state index < -0.39 is 0 Å². The van der Waals surface area contributed by atoms with Crippen molar-refractivity contribution in [2.24, 2.45) is 11.8 Å². The van der Waals surface area contributed by atoms with E-state index in [1.807, 2.05) is 12.3 Å². The molecule has 2 rings (SSSR count). The molecule has 1 aromatic heterocycles. The molecule has 1 aliphatic carbocycles.